The minimum Gasteiger partial charge on any atom is -0.459 e. The van der Waals surface area contributed by atoms with Gasteiger partial charge in [0.05, 0.1) is 0 Å². The molecule has 2 unspecified atom stereocenters. The normalized spacial score (nSPS) is 27.0. The third-order valence-corrected chi connectivity index (χ3v) is 4.83. The van der Waals surface area contributed by atoms with Crippen molar-refractivity contribution in [3.63, 3.8) is 0 Å². The topological polar surface area (TPSA) is 52.3 Å². The predicted octanol–water partition coefficient (Wildman–Crippen LogP) is 3.40. The maximum Gasteiger partial charge on any atom is 0.326 e. The van der Waals surface area contributed by atoms with Gasteiger partial charge < -0.3 is 10.5 Å². The highest BCUT2D eigenvalue weighted by atomic mass is 79.9. The van der Waals surface area contributed by atoms with E-state index in [1.807, 2.05) is 31.2 Å². The lowest BCUT2D eigenvalue weighted by molar-refractivity contribution is -0.155. The van der Waals surface area contributed by atoms with E-state index in [2.05, 4.69) is 15.9 Å². The molecular weight excluding hydrogens is 306 g/mol. The maximum absolute atomic E-state index is 12.3. The Balaban J connectivity index is 1.99. The van der Waals surface area contributed by atoms with Gasteiger partial charge in [0.15, 0.2) is 0 Å². The van der Waals surface area contributed by atoms with Gasteiger partial charge in [-0.1, -0.05) is 53.9 Å². The Kier molecular flexibility index (Phi) is 4.63. The van der Waals surface area contributed by atoms with Gasteiger partial charge in [-0.25, -0.2) is 0 Å². The van der Waals surface area contributed by atoms with Crippen molar-refractivity contribution in [1.29, 1.82) is 0 Å². The number of carbonyl (C=O) groups excluding carboxylic acids is 1. The zero-order valence-electron chi connectivity index (χ0n) is 11.2. The average molecular weight is 326 g/mol. The van der Waals surface area contributed by atoms with Gasteiger partial charge >= 0.3 is 5.97 Å². The Labute approximate surface area is 122 Å². The molecule has 1 saturated carbocycles. The summed E-state index contributed by atoms with van der Waals surface area (Å²) >= 11 is 3.45. The highest BCUT2D eigenvalue weighted by Crippen LogP contribution is 2.33. The molecule has 2 rings (SSSR count). The van der Waals surface area contributed by atoms with E-state index < -0.39 is 5.54 Å². The van der Waals surface area contributed by atoms with Crippen molar-refractivity contribution in [1.82, 2.24) is 0 Å². The molecule has 4 heteroatoms. The van der Waals surface area contributed by atoms with Gasteiger partial charge in [-0.3, -0.25) is 4.79 Å². The fourth-order valence-electron chi connectivity index (χ4n) is 2.57. The molecule has 0 heterocycles. The second-order valence-corrected chi connectivity index (χ2v) is 6.21. The van der Waals surface area contributed by atoms with Crippen LogP contribution in [0.25, 0.3) is 0 Å². The van der Waals surface area contributed by atoms with E-state index in [4.69, 9.17) is 10.5 Å². The number of hydrogen-bond donors (Lipinski definition) is 1. The highest BCUT2D eigenvalue weighted by Gasteiger charge is 2.42. The minimum atomic E-state index is -0.806. The van der Waals surface area contributed by atoms with Crippen molar-refractivity contribution >= 4 is 21.9 Å². The predicted molar refractivity (Wildman–Crippen MR) is 78.5 cm³/mol. The SMILES string of the molecule is CC1CCCCC1(N)C(=O)OCc1ccccc1Br. The molecule has 1 aliphatic carbocycles. The van der Waals surface area contributed by atoms with Crippen LogP contribution < -0.4 is 5.73 Å². The van der Waals surface area contributed by atoms with Crippen molar-refractivity contribution in [3.8, 4) is 0 Å². The van der Waals surface area contributed by atoms with Crippen LogP contribution in [0.4, 0.5) is 0 Å². The third-order valence-electron chi connectivity index (χ3n) is 4.05. The molecule has 2 atom stereocenters. The maximum atomic E-state index is 12.3. The Morgan fingerprint density at radius 3 is 2.89 bits per heavy atom. The van der Waals surface area contributed by atoms with Crippen molar-refractivity contribution in [2.75, 3.05) is 0 Å². The van der Waals surface area contributed by atoms with Gasteiger partial charge in [0.1, 0.15) is 12.1 Å². The fourth-order valence-corrected chi connectivity index (χ4v) is 2.97. The molecule has 0 saturated heterocycles. The Morgan fingerprint density at radius 2 is 2.21 bits per heavy atom. The standard InChI is InChI=1S/C15H20BrNO2/c1-11-6-4-5-9-15(11,17)14(18)19-10-12-7-2-3-8-13(12)16/h2-3,7-8,11H,4-6,9-10,17H2,1H3. The molecule has 19 heavy (non-hydrogen) atoms. The largest absolute Gasteiger partial charge is 0.459 e. The first-order valence-corrected chi connectivity index (χ1v) is 7.53. The zero-order chi connectivity index (χ0) is 13.9. The molecule has 104 valence electrons. The minimum absolute atomic E-state index is 0.188. The fraction of sp³-hybridized carbons (Fsp3) is 0.533. The summed E-state index contributed by atoms with van der Waals surface area (Å²) in [6.07, 6.45) is 3.88. The number of benzene rings is 1. The second kappa shape index (κ2) is 6.06. The molecule has 0 radical (unpaired) electrons. The Morgan fingerprint density at radius 1 is 1.47 bits per heavy atom. The first kappa shape index (κ1) is 14.5. The van der Waals surface area contributed by atoms with Crippen molar-refractivity contribution < 1.29 is 9.53 Å². The Bertz CT molecular complexity index is 463. The van der Waals surface area contributed by atoms with Crippen LogP contribution in [-0.2, 0) is 16.1 Å². The van der Waals surface area contributed by atoms with Crippen molar-refractivity contribution in [2.45, 2.75) is 44.8 Å². The van der Waals surface area contributed by atoms with Crippen LogP contribution in [0.15, 0.2) is 28.7 Å². The van der Waals surface area contributed by atoms with Gasteiger partial charge in [-0.2, -0.15) is 0 Å². The van der Waals surface area contributed by atoms with Gasteiger partial charge in [0, 0.05) is 10.0 Å². The first-order chi connectivity index (χ1) is 9.04. The van der Waals surface area contributed by atoms with Gasteiger partial charge in [-0.15, -0.1) is 0 Å². The third kappa shape index (κ3) is 3.18. The molecule has 1 aliphatic rings. The molecule has 0 bridgehead atoms. The number of nitrogens with two attached hydrogens (primary N) is 1. The summed E-state index contributed by atoms with van der Waals surface area (Å²) in [5.41, 5.74) is 6.42. The molecule has 2 N–H and O–H groups in total. The number of ether oxygens (including phenoxy) is 1. The van der Waals surface area contributed by atoms with E-state index in [1.165, 1.54) is 0 Å². The van der Waals surface area contributed by atoms with Crippen LogP contribution in [0.3, 0.4) is 0 Å². The number of esters is 1. The summed E-state index contributed by atoms with van der Waals surface area (Å²) in [7, 11) is 0. The van der Waals surface area contributed by atoms with E-state index >= 15 is 0 Å². The molecule has 1 fully saturated rings. The first-order valence-electron chi connectivity index (χ1n) is 6.73. The van der Waals surface area contributed by atoms with E-state index in [0.29, 0.717) is 0 Å². The summed E-state index contributed by atoms with van der Waals surface area (Å²) in [5, 5.41) is 0. The van der Waals surface area contributed by atoms with E-state index in [9.17, 15) is 4.79 Å². The smallest absolute Gasteiger partial charge is 0.326 e. The molecule has 0 amide bonds. The summed E-state index contributed by atoms with van der Waals surface area (Å²) in [6.45, 7) is 2.31. The quantitative estimate of drug-likeness (QED) is 0.866. The molecule has 1 aromatic rings. The molecule has 0 aliphatic heterocycles. The van der Waals surface area contributed by atoms with Gasteiger partial charge in [0.2, 0.25) is 0 Å². The average Bonchev–Trinajstić information content (AvgIpc) is 2.41. The summed E-state index contributed by atoms with van der Waals surface area (Å²) in [5.74, 6) is -0.0802. The van der Waals surface area contributed by atoms with Crippen LogP contribution in [0.5, 0.6) is 0 Å². The lowest BCUT2D eigenvalue weighted by atomic mass is 9.74. The lowest BCUT2D eigenvalue weighted by Gasteiger charge is -2.36. The van der Waals surface area contributed by atoms with Gasteiger partial charge in [-0.05, 0) is 24.8 Å². The number of carbonyl (C=O) groups is 1. The molecular formula is C15H20BrNO2. The van der Waals surface area contributed by atoms with Crippen molar-refractivity contribution in [3.05, 3.63) is 34.3 Å². The van der Waals surface area contributed by atoms with Crippen LogP contribution in [-0.4, -0.2) is 11.5 Å². The summed E-state index contributed by atoms with van der Waals surface area (Å²) in [4.78, 5) is 12.3. The zero-order valence-corrected chi connectivity index (χ0v) is 12.8. The van der Waals surface area contributed by atoms with Crippen LogP contribution in [0.1, 0.15) is 38.2 Å². The van der Waals surface area contributed by atoms with E-state index in [1.54, 1.807) is 0 Å². The van der Waals surface area contributed by atoms with Crippen LogP contribution in [0.2, 0.25) is 0 Å². The van der Waals surface area contributed by atoms with Crippen LogP contribution in [0, 0.1) is 5.92 Å². The number of rotatable bonds is 3. The molecule has 0 aromatic heterocycles. The number of hydrogen-bond acceptors (Lipinski definition) is 3. The highest BCUT2D eigenvalue weighted by molar-refractivity contribution is 9.10. The molecule has 0 spiro atoms. The summed E-state index contributed by atoms with van der Waals surface area (Å²) < 4.78 is 6.38. The number of halogens is 1. The second-order valence-electron chi connectivity index (χ2n) is 5.35. The van der Waals surface area contributed by atoms with Crippen LogP contribution >= 0.6 is 15.9 Å². The van der Waals surface area contributed by atoms with Gasteiger partial charge in [0.25, 0.3) is 0 Å². The Hall–Kier alpha value is -0.870. The van der Waals surface area contributed by atoms with Crippen molar-refractivity contribution in [2.24, 2.45) is 11.7 Å². The monoisotopic (exact) mass is 325 g/mol. The van der Waals surface area contributed by atoms with E-state index in [-0.39, 0.29) is 18.5 Å². The summed E-state index contributed by atoms with van der Waals surface area (Å²) in [6, 6.07) is 7.73. The van der Waals surface area contributed by atoms with E-state index in [0.717, 1.165) is 35.7 Å². The molecule has 1 aromatic carbocycles. The lowest BCUT2D eigenvalue weighted by Crippen LogP contribution is -2.55. The molecule has 3 nitrogen and oxygen atoms in total.